The van der Waals surface area contributed by atoms with Gasteiger partial charge in [-0.1, -0.05) is 29.0 Å². The van der Waals surface area contributed by atoms with E-state index in [1.807, 2.05) is 0 Å². The molecule has 2 aromatic heterocycles. The van der Waals surface area contributed by atoms with Gasteiger partial charge >= 0.3 is 0 Å². The molecule has 2 amide bonds. The molecule has 1 saturated heterocycles. The molecular formula is C22H23ClN6O3S. The van der Waals surface area contributed by atoms with E-state index in [2.05, 4.69) is 25.5 Å². The number of hydrogen-bond donors (Lipinski definition) is 2. The van der Waals surface area contributed by atoms with Gasteiger partial charge in [0.1, 0.15) is 17.6 Å². The highest BCUT2D eigenvalue weighted by Crippen LogP contribution is 2.30. The molecule has 0 radical (unpaired) electrons. The Hall–Kier alpha value is -2.98. The summed E-state index contributed by atoms with van der Waals surface area (Å²) >= 11 is 7.20. The highest BCUT2D eigenvalue weighted by Gasteiger charge is 2.31. The Labute approximate surface area is 198 Å². The first-order valence-electron chi connectivity index (χ1n) is 10.9. The molecule has 0 bridgehead atoms. The molecule has 2 N–H and O–H groups in total. The van der Waals surface area contributed by atoms with Crippen LogP contribution in [-0.2, 0) is 16.1 Å². The number of aromatic nitrogens is 3. The van der Waals surface area contributed by atoms with Crippen molar-refractivity contribution in [1.82, 2.24) is 19.9 Å². The summed E-state index contributed by atoms with van der Waals surface area (Å²) in [5, 5.41) is 7.00. The minimum absolute atomic E-state index is 0.0776. The molecule has 3 heterocycles. The molecular weight excluding hydrogens is 464 g/mol. The predicted octanol–water partition coefficient (Wildman–Crippen LogP) is 2.64. The molecule has 1 aromatic carbocycles. The maximum absolute atomic E-state index is 13.0. The zero-order chi connectivity index (χ0) is 22.9. The first-order valence-corrected chi connectivity index (χ1v) is 12.1. The number of rotatable bonds is 6. The van der Waals surface area contributed by atoms with Crippen molar-refractivity contribution in [1.29, 1.82) is 0 Å². The number of nitrogens with one attached hydrogen (secondary N) is 2. The first kappa shape index (κ1) is 21.8. The van der Waals surface area contributed by atoms with Crippen LogP contribution in [0.1, 0.15) is 25.7 Å². The lowest BCUT2D eigenvalue weighted by Crippen LogP contribution is -2.43. The molecule has 1 aliphatic heterocycles. The van der Waals surface area contributed by atoms with Gasteiger partial charge < -0.3 is 15.5 Å². The van der Waals surface area contributed by atoms with Gasteiger partial charge in [0.25, 0.3) is 5.56 Å². The van der Waals surface area contributed by atoms with Crippen LogP contribution in [0, 0.1) is 5.92 Å². The lowest BCUT2D eigenvalue weighted by Gasteiger charge is -2.31. The van der Waals surface area contributed by atoms with Crippen LogP contribution < -0.4 is 21.1 Å². The number of piperidine rings is 1. The Kier molecular flexibility index (Phi) is 6.03. The van der Waals surface area contributed by atoms with Gasteiger partial charge in [-0.05, 0) is 43.9 Å². The van der Waals surface area contributed by atoms with Gasteiger partial charge in [-0.3, -0.25) is 19.0 Å². The van der Waals surface area contributed by atoms with Gasteiger partial charge in [0.05, 0.1) is 5.92 Å². The van der Waals surface area contributed by atoms with Crippen LogP contribution in [0.3, 0.4) is 0 Å². The molecule has 33 heavy (non-hydrogen) atoms. The quantitative estimate of drug-likeness (QED) is 0.554. The lowest BCUT2D eigenvalue weighted by atomic mass is 9.97. The fourth-order valence-corrected chi connectivity index (χ4v) is 5.11. The van der Waals surface area contributed by atoms with Crippen molar-refractivity contribution in [3.63, 3.8) is 0 Å². The maximum Gasteiger partial charge on any atom is 0.273 e. The highest BCUT2D eigenvalue weighted by molar-refractivity contribution is 7.22. The van der Waals surface area contributed by atoms with Crippen LogP contribution >= 0.6 is 22.9 Å². The standard InChI is InChI=1S/C22H23ClN6O3S/c23-14-4-1-5-16(9-14)25-17(30)11-29-12-24-19-18(21(29)32)33-22(27-19)28-8-2-3-13(10-28)20(31)26-15-6-7-15/h1,4-5,9,12-13,15H,2-3,6-8,10-11H2,(H,25,30)(H,26,31)/t13-/m1/s1. The van der Waals surface area contributed by atoms with Crippen LogP contribution in [-0.4, -0.2) is 45.5 Å². The normalized spacial score (nSPS) is 18.3. The number of carbonyl (C=O) groups excluding carboxylic acids is 2. The molecule has 2 aliphatic rings. The van der Waals surface area contributed by atoms with Gasteiger partial charge in [0, 0.05) is 29.8 Å². The summed E-state index contributed by atoms with van der Waals surface area (Å²) in [6.07, 6.45) is 5.21. The van der Waals surface area contributed by atoms with Crippen molar-refractivity contribution >= 4 is 55.9 Å². The van der Waals surface area contributed by atoms with Gasteiger partial charge in [-0.15, -0.1) is 0 Å². The number of benzene rings is 1. The molecule has 0 unspecified atom stereocenters. The van der Waals surface area contributed by atoms with E-state index >= 15 is 0 Å². The average molecular weight is 487 g/mol. The highest BCUT2D eigenvalue weighted by atomic mass is 35.5. The Morgan fingerprint density at radius 3 is 2.88 bits per heavy atom. The summed E-state index contributed by atoms with van der Waals surface area (Å²) in [4.78, 5) is 48.8. The molecule has 9 nitrogen and oxygen atoms in total. The number of nitrogens with zero attached hydrogens (tertiary/aromatic N) is 4. The molecule has 0 spiro atoms. The Morgan fingerprint density at radius 1 is 1.24 bits per heavy atom. The third-order valence-electron chi connectivity index (χ3n) is 5.78. The Morgan fingerprint density at radius 2 is 2.09 bits per heavy atom. The molecule has 5 rings (SSSR count). The minimum Gasteiger partial charge on any atom is -0.353 e. The van der Waals surface area contributed by atoms with Crippen molar-refractivity contribution in [2.45, 2.75) is 38.3 Å². The Bertz CT molecular complexity index is 1270. The number of anilines is 2. The minimum atomic E-state index is -0.356. The SMILES string of the molecule is O=C(Cn1cnc2nc(N3CCC[C@@H](C(=O)NC4CC4)C3)sc2c1=O)Nc1cccc(Cl)c1. The maximum atomic E-state index is 13.0. The van der Waals surface area contributed by atoms with Crippen molar-refractivity contribution < 1.29 is 9.59 Å². The van der Waals surface area contributed by atoms with E-state index in [1.54, 1.807) is 24.3 Å². The fourth-order valence-electron chi connectivity index (χ4n) is 3.92. The second-order valence-corrected chi connectivity index (χ2v) is 9.87. The van der Waals surface area contributed by atoms with E-state index in [1.165, 1.54) is 22.2 Å². The van der Waals surface area contributed by atoms with Gasteiger partial charge in [0.2, 0.25) is 11.8 Å². The molecule has 3 aromatic rings. The number of carbonyl (C=O) groups is 2. The van der Waals surface area contributed by atoms with Crippen molar-refractivity contribution in [3.8, 4) is 0 Å². The summed E-state index contributed by atoms with van der Waals surface area (Å²) in [7, 11) is 0. The topological polar surface area (TPSA) is 109 Å². The monoisotopic (exact) mass is 486 g/mol. The van der Waals surface area contributed by atoms with E-state index < -0.39 is 0 Å². The number of hydrogen-bond acceptors (Lipinski definition) is 7. The third-order valence-corrected chi connectivity index (χ3v) is 7.11. The molecule has 1 saturated carbocycles. The second-order valence-electron chi connectivity index (χ2n) is 8.45. The second kappa shape index (κ2) is 9.11. The van der Waals surface area contributed by atoms with E-state index in [9.17, 15) is 14.4 Å². The molecule has 2 fully saturated rings. The first-order chi connectivity index (χ1) is 16.0. The van der Waals surface area contributed by atoms with Crippen molar-refractivity contribution in [2.75, 3.05) is 23.3 Å². The zero-order valence-electron chi connectivity index (χ0n) is 17.8. The van der Waals surface area contributed by atoms with Gasteiger partial charge in [-0.25, -0.2) is 4.98 Å². The third kappa shape index (κ3) is 5.01. The van der Waals surface area contributed by atoms with Crippen LogP contribution in [0.2, 0.25) is 5.02 Å². The smallest absolute Gasteiger partial charge is 0.273 e. The van der Waals surface area contributed by atoms with Crippen molar-refractivity contribution in [3.05, 3.63) is 46.0 Å². The summed E-state index contributed by atoms with van der Waals surface area (Å²) in [6.45, 7) is 1.19. The number of thiazole rings is 1. The molecule has 1 atom stereocenters. The number of amides is 2. The molecule has 1 aliphatic carbocycles. The summed E-state index contributed by atoms with van der Waals surface area (Å²) in [5.74, 6) is -0.327. The van der Waals surface area contributed by atoms with Gasteiger partial charge in [-0.2, -0.15) is 4.98 Å². The fraction of sp³-hybridized carbons (Fsp3) is 0.409. The summed E-state index contributed by atoms with van der Waals surface area (Å²) < 4.78 is 1.67. The summed E-state index contributed by atoms with van der Waals surface area (Å²) in [5.41, 5.74) is 0.598. The van der Waals surface area contributed by atoms with Crippen LogP contribution in [0.5, 0.6) is 0 Å². The zero-order valence-corrected chi connectivity index (χ0v) is 19.4. The van der Waals surface area contributed by atoms with E-state index in [-0.39, 0.29) is 29.8 Å². The van der Waals surface area contributed by atoms with E-state index in [0.29, 0.717) is 38.8 Å². The predicted molar refractivity (Wildman–Crippen MR) is 128 cm³/mol. The van der Waals surface area contributed by atoms with Crippen LogP contribution in [0.25, 0.3) is 10.3 Å². The Balaban J connectivity index is 1.30. The van der Waals surface area contributed by atoms with E-state index in [4.69, 9.17) is 11.6 Å². The summed E-state index contributed by atoms with van der Waals surface area (Å²) in [6, 6.07) is 7.15. The largest absolute Gasteiger partial charge is 0.353 e. The lowest BCUT2D eigenvalue weighted by molar-refractivity contribution is -0.125. The van der Waals surface area contributed by atoms with Crippen LogP contribution in [0.15, 0.2) is 35.4 Å². The number of fused-ring (bicyclic) bond motifs is 1. The molecule has 172 valence electrons. The van der Waals surface area contributed by atoms with E-state index in [0.717, 1.165) is 32.2 Å². The molecule has 11 heteroatoms. The average Bonchev–Trinajstić information content (AvgIpc) is 3.50. The van der Waals surface area contributed by atoms with Crippen LogP contribution in [0.4, 0.5) is 10.8 Å². The van der Waals surface area contributed by atoms with Crippen molar-refractivity contribution in [2.24, 2.45) is 5.92 Å². The number of halogens is 1. The van der Waals surface area contributed by atoms with Gasteiger partial charge in [0.15, 0.2) is 10.8 Å².